The van der Waals surface area contributed by atoms with E-state index >= 15 is 0 Å². The minimum absolute atomic E-state index is 0.168. The van der Waals surface area contributed by atoms with Crippen LogP contribution in [0.25, 0.3) is 0 Å². The van der Waals surface area contributed by atoms with Gasteiger partial charge in [-0.2, -0.15) is 0 Å². The summed E-state index contributed by atoms with van der Waals surface area (Å²) in [5, 5.41) is 40.4. The zero-order chi connectivity index (χ0) is 11.9. The first kappa shape index (κ1) is 10.7. The molecule has 1 aromatic rings. The highest BCUT2D eigenvalue weighted by molar-refractivity contribution is 5.94. The summed E-state index contributed by atoms with van der Waals surface area (Å²) in [5.74, 6) is -2.56. The third-order valence-corrected chi connectivity index (χ3v) is 2.61. The summed E-state index contributed by atoms with van der Waals surface area (Å²) in [4.78, 5) is 11.0. The first-order chi connectivity index (χ1) is 7.52. The maximum absolute atomic E-state index is 11.0. The fraction of sp³-hybridized carbons (Fsp3) is 0.300. The Bertz CT molecular complexity index is 457. The lowest BCUT2D eigenvalue weighted by atomic mass is 9.92. The molecule has 6 nitrogen and oxygen atoms in total. The molecule has 0 bridgehead atoms. The standard InChI is InChI=1S/C10H11NO5/c12-5-1-4-2-11-3-6(13)7(4)8(9(5)14)10(15)16/h1,6,11-14H,2-3H2,(H,15,16)/t6-/m1/s1. The van der Waals surface area contributed by atoms with E-state index < -0.39 is 29.1 Å². The van der Waals surface area contributed by atoms with E-state index in [9.17, 15) is 20.1 Å². The van der Waals surface area contributed by atoms with E-state index in [0.717, 1.165) is 0 Å². The average molecular weight is 225 g/mol. The van der Waals surface area contributed by atoms with Crippen LogP contribution in [0.15, 0.2) is 6.07 Å². The van der Waals surface area contributed by atoms with Crippen LogP contribution in [0.1, 0.15) is 27.6 Å². The first-order valence-electron chi connectivity index (χ1n) is 4.72. The van der Waals surface area contributed by atoms with Crippen molar-refractivity contribution in [1.29, 1.82) is 0 Å². The third-order valence-electron chi connectivity index (χ3n) is 2.61. The highest BCUT2D eigenvalue weighted by Gasteiger charge is 2.29. The number of aromatic carboxylic acids is 1. The molecule has 2 rings (SSSR count). The predicted octanol–water partition coefficient (Wildman–Crippen LogP) is -0.0674. The maximum atomic E-state index is 11.0. The molecule has 1 aromatic carbocycles. The van der Waals surface area contributed by atoms with Gasteiger partial charge in [0, 0.05) is 18.7 Å². The van der Waals surface area contributed by atoms with Gasteiger partial charge in [-0.05, 0) is 11.6 Å². The molecule has 1 aliphatic heterocycles. The molecule has 16 heavy (non-hydrogen) atoms. The number of aliphatic hydroxyl groups is 1. The number of β-amino-alcohol motifs (C(OH)–C–C–N with tert-alkyl or cyclic N) is 1. The number of carboxylic acid groups (broad SMARTS) is 1. The zero-order valence-electron chi connectivity index (χ0n) is 8.27. The smallest absolute Gasteiger partial charge is 0.340 e. The number of carbonyl (C=O) groups is 1. The topological polar surface area (TPSA) is 110 Å². The van der Waals surface area contributed by atoms with E-state index in [1.807, 2.05) is 0 Å². The Morgan fingerprint density at radius 2 is 2.12 bits per heavy atom. The SMILES string of the molecule is O=C(O)c1c(O)c(O)cc2c1[C@H](O)CNC2. The number of hydrogen-bond donors (Lipinski definition) is 5. The summed E-state index contributed by atoms with van der Waals surface area (Å²) in [6, 6.07) is 1.26. The van der Waals surface area contributed by atoms with Crippen molar-refractivity contribution < 1.29 is 25.2 Å². The van der Waals surface area contributed by atoms with E-state index in [4.69, 9.17) is 5.11 Å². The van der Waals surface area contributed by atoms with Gasteiger partial charge in [0.2, 0.25) is 0 Å². The van der Waals surface area contributed by atoms with Gasteiger partial charge in [-0.3, -0.25) is 0 Å². The highest BCUT2D eigenvalue weighted by Crippen LogP contribution is 2.38. The van der Waals surface area contributed by atoms with Crippen LogP contribution in [0.2, 0.25) is 0 Å². The second kappa shape index (κ2) is 3.66. The molecule has 0 unspecified atom stereocenters. The number of phenolic OH excluding ortho intramolecular Hbond substituents is 1. The first-order valence-corrected chi connectivity index (χ1v) is 4.72. The van der Waals surface area contributed by atoms with E-state index in [0.29, 0.717) is 12.1 Å². The Hall–Kier alpha value is -1.79. The number of rotatable bonds is 1. The normalized spacial score (nSPS) is 19.2. The molecule has 86 valence electrons. The molecule has 0 amide bonds. The van der Waals surface area contributed by atoms with Crippen molar-refractivity contribution in [2.75, 3.05) is 6.54 Å². The third kappa shape index (κ3) is 1.48. The van der Waals surface area contributed by atoms with Crippen molar-refractivity contribution in [2.45, 2.75) is 12.6 Å². The molecule has 0 spiro atoms. The van der Waals surface area contributed by atoms with Gasteiger partial charge in [-0.15, -0.1) is 0 Å². The summed E-state index contributed by atoms with van der Waals surface area (Å²) in [7, 11) is 0. The molecule has 1 atom stereocenters. The predicted molar refractivity (Wildman–Crippen MR) is 53.4 cm³/mol. The molecule has 0 fully saturated rings. The van der Waals surface area contributed by atoms with E-state index in [-0.39, 0.29) is 12.1 Å². The van der Waals surface area contributed by atoms with Crippen LogP contribution in [0.3, 0.4) is 0 Å². The number of benzene rings is 1. The van der Waals surface area contributed by atoms with E-state index in [1.165, 1.54) is 6.07 Å². The van der Waals surface area contributed by atoms with Crippen molar-refractivity contribution in [2.24, 2.45) is 0 Å². The summed E-state index contributed by atoms with van der Waals surface area (Å²) in [6.45, 7) is 0.567. The highest BCUT2D eigenvalue weighted by atomic mass is 16.4. The monoisotopic (exact) mass is 225 g/mol. The molecular formula is C10H11NO5. The lowest BCUT2D eigenvalue weighted by Crippen LogP contribution is -2.29. The van der Waals surface area contributed by atoms with Gasteiger partial charge >= 0.3 is 5.97 Å². The van der Waals surface area contributed by atoms with Crippen LogP contribution >= 0.6 is 0 Å². The molecule has 0 saturated carbocycles. The second-order valence-electron chi connectivity index (χ2n) is 3.64. The number of nitrogens with one attached hydrogen (secondary N) is 1. The van der Waals surface area contributed by atoms with Crippen molar-refractivity contribution >= 4 is 5.97 Å². The van der Waals surface area contributed by atoms with Gasteiger partial charge in [0.25, 0.3) is 0 Å². The number of carboxylic acids is 1. The Morgan fingerprint density at radius 3 is 2.75 bits per heavy atom. The zero-order valence-corrected chi connectivity index (χ0v) is 8.27. The Morgan fingerprint density at radius 1 is 1.44 bits per heavy atom. The van der Waals surface area contributed by atoms with Crippen molar-refractivity contribution in [3.63, 3.8) is 0 Å². The second-order valence-corrected chi connectivity index (χ2v) is 3.64. The number of hydrogen-bond acceptors (Lipinski definition) is 5. The summed E-state index contributed by atoms with van der Waals surface area (Å²) >= 11 is 0. The minimum Gasteiger partial charge on any atom is -0.504 e. The molecular weight excluding hydrogens is 214 g/mol. The molecule has 6 heteroatoms. The summed E-state index contributed by atoms with van der Waals surface area (Å²) < 4.78 is 0. The number of aromatic hydroxyl groups is 2. The summed E-state index contributed by atoms with van der Waals surface area (Å²) in [6.07, 6.45) is -0.999. The Kier molecular flexibility index (Phi) is 2.45. The van der Waals surface area contributed by atoms with Crippen LogP contribution in [-0.2, 0) is 6.54 Å². The Labute approximate surface area is 90.8 Å². The van der Waals surface area contributed by atoms with Gasteiger partial charge in [-0.25, -0.2) is 4.79 Å². The molecule has 0 aliphatic carbocycles. The van der Waals surface area contributed by atoms with Crippen molar-refractivity contribution in [3.8, 4) is 11.5 Å². The van der Waals surface area contributed by atoms with Crippen molar-refractivity contribution in [3.05, 3.63) is 22.8 Å². The molecule has 0 aromatic heterocycles. The molecule has 1 heterocycles. The number of fused-ring (bicyclic) bond motifs is 1. The molecule has 0 saturated heterocycles. The Balaban J connectivity index is 2.73. The van der Waals surface area contributed by atoms with Gasteiger partial charge in [0.05, 0.1) is 6.10 Å². The average Bonchev–Trinajstić information content (AvgIpc) is 2.20. The van der Waals surface area contributed by atoms with E-state index in [2.05, 4.69) is 5.32 Å². The largest absolute Gasteiger partial charge is 0.504 e. The van der Waals surface area contributed by atoms with Crippen molar-refractivity contribution in [1.82, 2.24) is 5.32 Å². The fourth-order valence-electron chi connectivity index (χ4n) is 1.92. The van der Waals surface area contributed by atoms with Crippen LogP contribution in [0, 0.1) is 0 Å². The van der Waals surface area contributed by atoms with Crippen LogP contribution in [0.4, 0.5) is 0 Å². The van der Waals surface area contributed by atoms with E-state index in [1.54, 1.807) is 0 Å². The maximum Gasteiger partial charge on any atom is 0.340 e. The fourth-order valence-corrected chi connectivity index (χ4v) is 1.92. The molecule has 5 N–H and O–H groups in total. The molecule has 0 radical (unpaired) electrons. The lowest BCUT2D eigenvalue weighted by Gasteiger charge is -2.24. The lowest BCUT2D eigenvalue weighted by molar-refractivity contribution is 0.0682. The number of aliphatic hydroxyl groups excluding tert-OH is 1. The van der Waals surface area contributed by atoms with Gasteiger partial charge in [0.15, 0.2) is 11.5 Å². The van der Waals surface area contributed by atoms with Gasteiger partial charge in [-0.1, -0.05) is 0 Å². The minimum atomic E-state index is -1.37. The van der Waals surface area contributed by atoms with Crippen LogP contribution < -0.4 is 5.32 Å². The van der Waals surface area contributed by atoms with Crippen LogP contribution in [0.5, 0.6) is 11.5 Å². The van der Waals surface area contributed by atoms with Crippen LogP contribution in [-0.4, -0.2) is 32.9 Å². The quantitative estimate of drug-likeness (QED) is 0.428. The van der Waals surface area contributed by atoms with Gasteiger partial charge in [0.1, 0.15) is 5.56 Å². The molecule has 1 aliphatic rings. The summed E-state index contributed by atoms with van der Waals surface area (Å²) in [5.41, 5.74) is 0.219. The number of phenols is 2. The van der Waals surface area contributed by atoms with Gasteiger partial charge < -0.3 is 25.7 Å².